The molecule has 140 valence electrons. The van der Waals surface area contributed by atoms with Crippen molar-refractivity contribution in [1.82, 2.24) is 24.6 Å². The van der Waals surface area contributed by atoms with Gasteiger partial charge in [-0.3, -0.25) is 14.3 Å². The predicted octanol–water partition coefficient (Wildman–Crippen LogP) is 1.84. The Morgan fingerprint density at radius 3 is 2.59 bits per heavy atom. The molecule has 0 unspecified atom stereocenters. The van der Waals surface area contributed by atoms with Crippen molar-refractivity contribution in [1.29, 1.82) is 0 Å². The first-order chi connectivity index (χ1) is 13.1. The highest BCUT2D eigenvalue weighted by atomic mass is 16.3. The Balaban J connectivity index is 1.39. The molecule has 0 bridgehead atoms. The number of carbonyl (C=O) groups is 2. The van der Waals surface area contributed by atoms with Crippen LogP contribution in [-0.2, 0) is 7.05 Å². The van der Waals surface area contributed by atoms with Crippen LogP contribution in [0.5, 0.6) is 0 Å². The summed E-state index contributed by atoms with van der Waals surface area (Å²) in [6.45, 7) is 1.17. The first kappa shape index (κ1) is 17.1. The van der Waals surface area contributed by atoms with Crippen LogP contribution in [0.3, 0.4) is 0 Å². The van der Waals surface area contributed by atoms with E-state index >= 15 is 0 Å². The fraction of sp³-hybridized carbons (Fsp3) is 0.316. The summed E-state index contributed by atoms with van der Waals surface area (Å²) in [5.41, 5.74) is 0.530. The molecule has 8 heteroatoms. The monoisotopic (exact) mass is 367 g/mol. The molecule has 1 aliphatic rings. The van der Waals surface area contributed by atoms with Crippen LogP contribution in [0.25, 0.3) is 5.82 Å². The second kappa shape index (κ2) is 7.14. The normalized spacial score (nSPS) is 15.1. The Morgan fingerprint density at radius 1 is 1.19 bits per heavy atom. The largest absolute Gasteiger partial charge is 0.459 e. The van der Waals surface area contributed by atoms with Crippen molar-refractivity contribution in [2.45, 2.75) is 18.9 Å². The number of nitrogens with one attached hydrogen (secondary N) is 1. The van der Waals surface area contributed by atoms with Gasteiger partial charge < -0.3 is 19.2 Å². The van der Waals surface area contributed by atoms with Gasteiger partial charge in [-0.1, -0.05) is 0 Å². The van der Waals surface area contributed by atoms with E-state index in [4.69, 9.17) is 4.42 Å². The number of likely N-dealkylation sites (tertiary alicyclic amines) is 1. The predicted molar refractivity (Wildman–Crippen MR) is 97.6 cm³/mol. The first-order valence-corrected chi connectivity index (χ1v) is 8.92. The number of rotatable bonds is 4. The maximum absolute atomic E-state index is 12.8. The highest BCUT2D eigenvalue weighted by Gasteiger charge is 2.27. The lowest BCUT2D eigenvalue weighted by Gasteiger charge is -2.31. The summed E-state index contributed by atoms with van der Waals surface area (Å²) in [6.07, 6.45) is 8.25. The number of aromatic nitrogens is 3. The van der Waals surface area contributed by atoms with E-state index in [1.165, 1.54) is 6.26 Å². The summed E-state index contributed by atoms with van der Waals surface area (Å²) >= 11 is 0. The molecule has 1 aliphatic heterocycles. The lowest BCUT2D eigenvalue weighted by atomic mass is 10.0. The molecule has 4 rings (SSSR count). The van der Waals surface area contributed by atoms with Gasteiger partial charge in [0.25, 0.3) is 11.8 Å². The van der Waals surface area contributed by atoms with Gasteiger partial charge in [0, 0.05) is 38.6 Å². The fourth-order valence-corrected chi connectivity index (χ4v) is 3.42. The van der Waals surface area contributed by atoms with Crippen molar-refractivity contribution in [2.75, 3.05) is 13.1 Å². The minimum atomic E-state index is -0.150. The van der Waals surface area contributed by atoms with Crippen molar-refractivity contribution >= 4 is 11.8 Å². The third-order valence-corrected chi connectivity index (χ3v) is 4.85. The highest BCUT2D eigenvalue weighted by Crippen LogP contribution is 2.17. The number of nitrogens with zero attached hydrogens (tertiary/aromatic N) is 4. The zero-order valence-corrected chi connectivity index (χ0v) is 15.0. The van der Waals surface area contributed by atoms with Crippen LogP contribution in [0, 0.1) is 0 Å². The molecule has 0 radical (unpaired) electrons. The molecular weight excluding hydrogens is 346 g/mol. The van der Waals surface area contributed by atoms with Gasteiger partial charge in [-0.25, -0.2) is 0 Å². The maximum atomic E-state index is 12.8. The van der Waals surface area contributed by atoms with E-state index in [1.54, 1.807) is 27.9 Å². The quantitative estimate of drug-likeness (QED) is 0.762. The molecule has 0 aliphatic carbocycles. The molecule has 1 N–H and O–H groups in total. The highest BCUT2D eigenvalue weighted by molar-refractivity contribution is 5.97. The Labute approximate surface area is 156 Å². The number of furan rings is 1. The zero-order chi connectivity index (χ0) is 18.8. The Hall–Kier alpha value is -3.29. The van der Waals surface area contributed by atoms with E-state index in [0.29, 0.717) is 37.3 Å². The lowest BCUT2D eigenvalue weighted by Crippen LogP contribution is -2.46. The Bertz CT molecular complexity index is 919. The Morgan fingerprint density at radius 2 is 1.93 bits per heavy atom. The number of hydrogen-bond donors (Lipinski definition) is 1. The van der Waals surface area contributed by atoms with E-state index < -0.39 is 0 Å². The van der Waals surface area contributed by atoms with E-state index in [1.807, 2.05) is 36.1 Å². The van der Waals surface area contributed by atoms with Gasteiger partial charge in [-0.05, 0) is 37.1 Å². The van der Waals surface area contributed by atoms with Crippen LogP contribution >= 0.6 is 0 Å². The van der Waals surface area contributed by atoms with Crippen LogP contribution < -0.4 is 5.32 Å². The number of piperidine rings is 1. The number of amides is 2. The van der Waals surface area contributed by atoms with Gasteiger partial charge in [0.1, 0.15) is 11.4 Å². The molecule has 27 heavy (non-hydrogen) atoms. The molecular formula is C19H21N5O3. The standard InChI is InChI=1S/C19H21N5O3/c1-22-18(23-8-2-3-9-23)15(13-20-22)17(25)21-14-6-10-24(11-7-14)19(26)16-5-4-12-27-16/h2-5,8-9,12-14H,6-7,10-11H2,1H3,(H,21,25). The Kier molecular flexibility index (Phi) is 4.53. The van der Waals surface area contributed by atoms with Crippen molar-refractivity contribution in [2.24, 2.45) is 7.05 Å². The fourth-order valence-electron chi connectivity index (χ4n) is 3.42. The van der Waals surface area contributed by atoms with Crippen molar-refractivity contribution < 1.29 is 14.0 Å². The van der Waals surface area contributed by atoms with Gasteiger partial charge in [0.15, 0.2) is 5.76 Å². The summed E-state index contributed by atoms with van der Waals surface area (Å²) in [7, 11) is 1.81. The maximum Gasteiger partial charge on any atom is 0.289 e. The van der Waals surface area contributed by atoms with Crippen LogP contribution in [0.1, 0.15) is 33.8 Å². The minimum absolute atomic E-state index is 0.0240. The molecule has 3 aromatic rings. The molecule has 0 atom stereocenters. The van der Waals surface area contributed by atoms with E-state index in [0.717, 1.165) is 5.82 Å². The SMILES string of the molecule is Cn1ncc(C(=O)NC2CCN(C(=O)c3ccco3)CC2)c1-n1cccc1. The van der Waals surface area contributed by atoms with Gasteiger partial charge >= 0.3 is 0 Å². The van der Waals surface area contributed by atoms with Crippen molar-refractivity contribution in [3.63, 3.8) is 0 Å². The molecule has 4 heterocycles. The van der Waals surface area contributed by atoms with Gasteiger partial charge in [-0.15, -0.1) is 0 Å². The van der Waals surface area contributed by atoms with Crippen LogP contribution in [0.4, 0.5) is 0 Å². The number of aryl methyl sites for hydroxylation is 1. The minimum Gasteiger partial charge on any atom is -0.459 e. The molecule has 0 aromatic carbocycles. The number of carbonyl (C=O) groups excluding carboxylic acids is 2. The topological polar surface area (TPSA) is 85.3 Å². The molecule has 2 amide bonds. The average Bonchev–Trinajstić information content (AvgIpc) is 3.43. The smallest absolute Gasteiger partial charge is 0.289 e. The van der Waals surface area contributed by atoms with E-state index in [-0.39, 0.29) is 17.9 Å². The molecule has 0 spiro atoms. The molecule has 3 aromatic heterocycles. The average molecular weight is 367 g/mol. The van der Waals surface area contributed by atoms with Gasteiger partial charge in [0.2, 0.25) is 0 Å². The van der Waals surface area contributed by atoms with Crippen LogP contribution in [0.2, 0.25) is 0 Å². The van der Waals surface area contributed by atoms with Crippen molar-refractivity contribution in [3.05, 3.63) is 60.4 Å². The summed E-state index contributed by atoms with van der Waals surface area (Å²) < 4.78 is 8.72. The van der Waals surface area contributed by atoms with Gasteiger partial charge in [-0.2, -0.15) is 5.10 Å². The zero-order valence-electron chi connectivity index (χ0n) is 15.0. The summed E-state index contributed by atoms with van der Waals surface area (Å²) in [6, 6.07) is 7.20. The van der Waals surface area contributed by atoms with E-state index in [2.05, 4.69) is 10.4 Å². The van der Waals surface area contributed by atoms with E-state index in [9.17, 15) is 9.59 Å². The third kappa shape index (κ3) is 3.38. The first-order valence-electron chi connectivity index (χ1n) is 8.92. The van der Waals surface area contributed by atoms with Gasteiger partial charge in [0.05, 0.1) is 12.5 Å². The lowest BCUT2D eigenvalue weighted by molar-refractivity contribution is 0.0667. The number of hydrogen-bond acceptors (Lipinski definition) is 4. The summed E-state index contributed by atoms with van der Waals surface area (Å²) in [5, 5.41) is 7.30. The van der Waals surface area contributed by atoms with Crippen LogP contribution in [0.15, 0.2) is 53.5 Å². The second-order valence-corrected chi connectivity index (χ2v) is 6.61. The molecule has 0 saturated carbocycles. The van der Waals surface area contributed by atoms with Crippen LogP contribution in [-0.4, -0.2) is 50.2 Å². The molecule has 8 nitrogen and oxygen atoms in total. The molecule has 1 fully saturated rings. The van der Waals surface area contributed by atoms with Crippen molar-refractivity contribution in [3.8, 4) is 5.82 Å². The summed E-state index contributed by atoms with van der Waals surface area (Å²) in [4.78, 5) is 26.9. The second-order valence-electron chi connectivity index (χ2n) is 6.61. The summed E-state index contributed by atoms with van der Waals surface area (Å²) in [5.74, 6) is 0.821. The third-order valence-electron chi connectivity index (χ3n) is 4.85. The molecule has 1 saturated heterocycles.